The summed E-state index contributed by atoms with van der Waals surface area (Å²) in [5, 5.41) is 7.59. The van der Waals surface area contributed by atoms with Crippen LogP contribution in [-0.2, 0) is 11.2 Å². The number of thioether (sulfide) groups is 1. The van der Waals surface area contributed by atoms with E-state index in [1.54, 1.807) is 0 Å². The number of rotatable bonds is 5. The van der Waals surface area contributed by atoms with Gasteiger partial charge in [0.05, 0.1) is 5.25 Å². The molecule has 0 bridgehead atoms. The molecule has 0 spiro atoms. The number of aryl methyl sites for hydroxylation is 1. The van der Waals surface area contributed by atoms with Crippen molar-refractivity contribution in [1.29, 1.82) is 0 Å². The maximum Gasteiger partial charge on any atom is 0.236 e. The zero-order chi connectivity index (χ0) is 14.5. The molecule has 2 heterocycles. The lowest BCUT2D eigenvalue weighted by Gasteiger charge is -2.36. The fourth-order valence-corrected chi connectivity index (χ4v) is 3.46. The Kier molecular flexibility index (Phi) is 5.46. The van der Waals surface area contributed by atoms with E-state index >= 15 is 0 Å². The lowest BCUT2D eigenvalue weighted by Crippen LogP contribution is -2.46. The molecule has 1 aromatic heterocycles. The molecule has 1 aromatic rings. The molecule has 1 N–H and O–H groups in total. The molecule has 2 atom stereocenters. The molecule has 5 nitrogen and oxygen atoms in total. The van der Waals surface area contributed by atoms with E-state index in [2.05, 4.69) is 27.0 Å². The number of hydrogen-bond donors (Lipinski definition) is 1. The minimum absolute atomic E-state index is 0.123. The molecule has 6 heteroatoms. The molecule has 1 amide bonds. The van der Waals surface area contributed by atoms with Crippen molar-refractivity contribution in [3.8, 4) is 0 Å². The van der Waals surface area contributed by atoms with Gasteiger partial charge in [-0.25, -0.2) is 4.98 Å². The minimum Gasteiger partial charge on any atom is -0.339 e. The summed E-state index contributed by atoms with van der Waals surface area (Å²) < 4.78 is 0. The van der Waals surface area contributed by atoms with Crippen molar-refractivity contribution in [3.63, 3.8) is 0 Å². The van der Waals surface area contributed by atoms with Gasteiger partial charge in [0, 0.05) is 19.0 Å². The first-order valence-electron chi connectivity index (χ1n) is 7.54. The Morgan fingerprint density at radius 3 is 2.95 bits per heavy atom. The third-order valence-corrected chi connectivity index (χ3v) is 4.81. The van der Waals surface area contributed by atoms with Gasteiger partial charge in [0.25, 0.3) is 0 Å². The molecular formula is C14H24N4OS. The van der Waals surface area contributed by atoms with E-state index in [4.69, 9.17) is 0 Å². The second-order valence-electron chi connectivity index (χ2n) is 5.27. The van der Waals surface area contributed by atoms with Crippen LogP contribution in [0.15, 0.2) is 5.16 Å². The van der Waals surface area contributed by atoms with Crippen LogP contribution in [0.2, 0.25) is 0 Å². The van der Waals surface area contributed by atoms with E-state index < -0.39 is 0 Å². The molecule has 112 valence electrons. The molecule has 20 heavy (non-hydrogen) atoms. The number of likely N-dealkylation sites (tertiary alicyclic amines) is 1. The monoisotopic (exact) mass is 296 g/mol. The predicted molar refractivity (Wildman–Crippen MR) is 80.7 cm³/mol. The third-order valence-electron chi connectivity index (χ3n) is 3.86. The summed E-state index contributed by atoms with van der Waals surface area (Å²) in [6, 6.07) is 0.414. The van der Waals surface area contributed by atoms with Gasteiger partial charge in [0.15, 0.2) is 0 Å². The van der Waals surface area contributed by atoms with E-state index in [0.717, 1.165) is 38.1 Å². The first kappa shape index (κ1) is 15.4. The number of aromatic nitrogens is 3. The van der Waals surface area contributed by atoms with Gasteiger partial charge in [-0.1, -0.05) is 25.6 Å². The highest BCUT2D eigenvalue weighted by Gasteiger charge is 2.29. The van der Waals surface area contributed by atoms with E-state index in [0.29, 0.717) is 11.2 Å². The van der Waals surface area contributed by atoms with Gasteiger partial charge in [-0.3, -0.25) is 9.89 Å². The fraction of sp³-hybridized carbons (Fsp3) is 0.786. The number of H-pyrrole nitrogens is 1. The van der Waals surface area contributed by atoms with Crippen LogP contribution >= 0.6 is 11.8 Å². The second kappa shape index (κ2) is 7.11. The number of hydrogen-bond acceptors (Lipinski definition) is 4. The third kappa shape index (κ3) is 3.53. The van der Waals surface area contributed by atoms with Gasteiger partial charge in [-0.2, -0.15) is 0 Å². The van der Waals surface area contributed by atoms with E-state index in [1.165, 1.54) is 18.2 Å². The predicted octanol–water partition coefficient (Wildman–Crippen LogP) is 2.64. The number of piperidine rings is 1. The smallest absolute Gasteiger partial charge is 0.236 e. The summed E-state index contributed by atoms with van der Waals surface area (Å²) in [5.74, 6) is 1.10. The summed E-state index contributed by atoms with van der Waals surface area (Å²) in [5.41, 5.74) is 0. The normalized spacial score (nSPS) is 20.9. The number of nitrogens with one attached hydrogen (secondary N) is 1. The van der Waals surface area contributed by atoms with Crippen molar-refractivity contribution in [1.82, 2.24) is 20.1 Å². The molecule has 0 saturated carbocycles. The van der Waals surface area contributed by atoms with Gasteiger partial charge in [-0.15, -0.1) is 5.10 Å². The number of nitrogens with zero attached hydrogens (tertiary/aromatic N) is 3. The van der Waals surface area contributed by atoms with Crippen molar-refractivity contribution in [3.05, 3.63) is 5.82 Å². The van der Waals surface area contributed by atoms with E-state index in [-0.39, 0.29) is 11.2 Å². The standard InChI is InChI=1S/C14H24N4OS/c1-4-11-8-6-7-9-18(11)13(19)10(3)20-14-15-12(5-2)16-17-14/h10-11H,4-9H2,1-3H3,(H,15,16,17). The first-order chi connectivity index (χ1) is 9.65. The first-order valence-corrected chi connectivity index (χ1v) is 8.42. The Balaban J connectivity index is 1.96. The van der Waals surface area contributed by atoms with E-state index in [1.807, 2.05) is 13.8 Å². The molecule has 1 aliphatic rings. The Labute approximate surface area is 124 Å². The summed E-state index contributed by atoms with van der Waals surface area (Å²) >= 11 is 1.45. The minimum atomic E-state index is -0.123. The average Bonchev–Trinajstić information content (AvgIpc) is 2.94. The van der Waals surface area contributed by atoms with Crippen molar-refractivity contribution >= 4 is 17.7 Å². The molecule has 1 saturated heterocycles. The lowest BCUT2D eigenvalue weighted by atomic mass is 10.00. The highest BCUT2D eigenvalue weighted by atomic mass is 32.2. The maximum absolute atomic E-state index is 12.6. The Morgan fingerprint density at radius 1 is 1.50 bits per heavy atom. The summed E-state index contributed by atoms with van der Waals surface area (Å²) in [6.07, 6.45) is 5.38. The van der Waals surface area contributed by atoms with Crippen molar-refractivity contribution in [2.75, 3.05) is 6.54 Å². The second-order valence-corrected chi connectivity index (χ2v) is 6.58. The molecule has 1 aliphatic heterocycles. The summed E-state index contributed by atoms with van der Waals surface area (Å²) in [7, 11) is 0. The van der Waals surface area contributed by atoms with Gasteiger partial charge in [-0.05, 0) is 32.6 Å². The van der Waals surface area contributed by atoms with Crippen LogP contribution in [0.4, 0.5) is 0 Å². The highest BCUT2D eigenvalue weighted by molar-refractivity contribution is 8.00. The number of carbonyl (C=O) groups excluding carboxylic acids is 1. The maximum atomic E-state index is 12.6. The average molecular weight is 296 g/mol. The molecule has 0 aromatic carbocycles. The van der Waals surface area contributed by atoms with Crippen LogP contribution in [0.5, 0.6) is 0 Å². The van der Waals surface area contributed by atoms with Gasteiger partial charge >= 0.3 is 0 Å². The number of amides is 1. The molecule has 0 radical (unpaired) electrons. The van der Waals surface area contributed by atoms with Crippen LogP contribution in [-0.4, -0.2) is 43.8 Å². The lowest BCUT2D eigenvalue weighted by molar-refractivity contribution is -0.134. The van der Waals surface area contributed by atoms with Crippen molar-refractivity contribution in [2.24, 2.45) is 0 Å². The molecule has 0 aliphatic carbocycles. The fourth-order valence-electron chi connectivity index (χ4n) is 2.65. The van der Waals surface area contributed by atoms with Crippen LogP contribution in [0, 0.1) is 0 Å². The van der Waals surface area contributed by atoms with Crippen LogP contribution < -0.4 is 0 Å². The largest absolute Gasteiger partial charge is 0.339 e. The highest BCUT2D eigenvalue weighted by Crippen LogP contribution is 2.26. The number of carbonyl (C=O) groups is 1. The van der Waals surface area contributed by atoms with Gasteiger partial charge < -0.3 is 4.90 Å². The molecule has 2 unspecified atom stereocenters. The van der Waals surface area contributed by atoms with Crippen LogP contribution in [0.25, 0.3) is 0 Å². The molecule has 1 fully saturated rings. The SMILES string of the molecule is CCc1nc(SC(C)C(=O)N2CCCCC2CC)n[nH]1. The zero-order valence-corrected chi connectivity index (χ0v) is 13.4. The van der Waals surface area contributed by atoms with Crippen molar-refractivity contribution < 1.29 is 4.79 Å². The Bertz CT molecular complexity index is 448. The quantitative estimate of drug-likeness (QED) is 0.849. The topological polar surface area (TPSA) is 61.9 Å². The number of aromatic amines is 1. The summed E-state index contributed by atoms with van der Waals surface area (Å²) in [6.45, 7) is 7.05. The molecular weight excluding hydrogens is 272 g/mol. The Morgan fingerprint density at radius 2 is 2.30 bits per heavy atom. The Hall–Kier alpha value is -1.04. The van der Waals surface area contributed by atoms with E-state index in [9.17, 15) is 4.79 Å². The molecule has 2 rings (SSSR count). The zero-order valence-electron chi connectivity index (χ0n) is 12.6. The van der Waals surface area contributed by atoms with Crippen LogP contribution in [0.3, 0.4) is 0 Å². The van der Waals surface area contributed by atoms with Crippen LogP contribution in [0.1, 0.15) is 52.3 Å². The summed E-state index contributed by atoms with van der Waals surface area (Å²) in [4.78, 5) is 19.0. The van der Waals surface area contributed by atoms with Gasteiger partial charge in [0.1, 0.15) is 5.82 Å². The van der Waals surface area contributed by atoms with Crippen molar-refractivity contribution in [2.45, 2.75) is 69.3 Å². The van der Waals surface area contributed by atoms with Gasteiger partial charge in [0.2, 0.25) is 11.1 Å².